The van der Waals surface area contributed by atoms with E-state index in [4.69, 9.17) is 13.6 Å². The first-order valence-corrected chi connectivity index (χ1v) is 21.5. The van der Waals surface area contributed by atoms with E-state index >= 15 is 0 Å². The van der Waals surface area contributed by atoms with Crippen molar-refractivity contribution in [1.29, 1.82) is 0 Å². The Morgan fingerprint density at radius 1 is 0.976 bits per heavy atom. The summed E-state index contributed by atoms with van der Waals surface area (Å²) in [5, 5.41) is 0.294. The lowest BCUT2D eigenvalue weighted by atomic mass is 10.0. The van der Waals surface area contributed by atoms with Crippen LogP contribution in [0.5, 0.6) is 0 Å². The molecule has 2 rings (SSSR count). The highest BCUT2D eigenvalue weighted by molar-refractivity contribution is 6.74. The second-order valence-electron chi connectivity index (χ2n) is 15.0. The van der Waals surface area contributed by atoms with Gasteiger partial charge in [0, 0.05) is 12.5 Å². The minimum atomic E-state index is -1.96. The molecule has 1 saturated heterocycles. The van der Waals surface area contributed by atoms with Crippen molar-refractivity contribution < 1.29 is 18.4 Å². The molecule has 1 fully saturated rings. The van der Waals surface area contributed by atoms with Crippen LogP contribution < -0.4 is 0 Å². The maximum atomic E-state index is 13.2. The first-order chi connectivity index (χ1) is 18.9. The molecule has 232 valence electrons. The number of nitrogens with zero attached hydrogens (tertiary/aromatic N) is 1. The van der Waals surface area contributed by atoms with Gasteiger partial charge in [-0.05, 0) is 79.9 Å². The Labute approximate surface area is 254 Å². The molecular weight excluding hydrogens is 543 g/mol. The van der Waals surface area contributed by atoms with Gasteiger partial charge in [0.2, 0.25) is 0 Å². The van der Waals surface area contributed by atoms with E-state index in [9.17, 15) is 4.79 Å². The monoisotopic (exact) mass is 601 g/mol. The summed E-state index contributed by atoms with van der Waals surface area (Å²) in [5.74, 6) is 6.29. The number of rotatable bonds is 12. The van der Waals surface area contributed by atoms with Crippen molar-refractivity contribution in [3.63, 3.8) is 0 Å². The number of likely N-dealkylation sites (tertiary alicyclic amines) is 1. The molecule has 7 heteroatoms. The van der Waals surface area contributed by atoms with Crippen LogP contribution in [0.1, 0.15) is 86.1 Å². The highest BCUT2D eigenvalue weighted by Gasteiger charge is 2.41. The molecule has 1 amide bonds. The maximum absolute atomic E-state index is 13.2. The Bertz CT molecular complexity index is 1000. The van der Waals surface area contributed by atoms with Crippen LogP contribution in [0.15, 0.2) is 30.3 Å². The largest absolute Gasteiger partial charge is 0.414 e. The molecule has 1 aliphatic rings. The number of carbonyl (C=O) groups is 1. The van der Waals surface area contributed by atoms with E-state index in [1.54, 1.807) is 0 Å². The van der Waals surface area contributed by atoms with Gasteiger partial charge in [0.05, 0.1) is 32.0 Å². The third kappa shape index (κ3) is 11.6. The molecule has 1 aliphatic heterocycles. The normalized spacial score (nSPS) is 18.4. The van der Waals surface area contributed by atoms with Gasteiger partial charge in [-0.25, -0.2) is 0 Å². The van der Waals surface area contributed by atoms with Crippen LogP contribution in [0.4, 0.5) is 0 Å². The van der Waals surface area contributed by atoms with E-state index in [0.717, 1.165) is 44.2 Å². The van der Waals surface area contributed by atoms with Gasteiger partial charge in [0.15, 0.2) is 16.6 Å². The molecule has 0 N–H and O–H groups in total. The number of hydrogen-bond donors (Lipinski definition) is 0. The van der Waals surface area contributed by atoms with Crippen LogP contribution >= 0.6 is 0 Å². The van der Waals surface area contributed by atoms with E-state index in [1.165, 1.54) is 0 Å². The van der Waals surface area contributed by atoms with E-state index in [0.29, 0.717) is 19.8 Å². The lowest BCUT2D eigenvalue weighted by Crippen LogP contribution is -2.48. The van der Waals surface area contributed by atoms with Crippen LogP contribution in [-0.4, -0.2) is 59.3 Å². The summed E-state index contributed by atoms with van der Waals surface area (Å²) in [4.78, 5) is 15.1. The second kappa shape index (κ2) is 15.3. The lowest BCUT2D eigenvalue weighted by molar-refractivity contribution is -0.130. The van der Waals surface area contributed by atoms with Gasteiger partial charge in [-0.1, -0.05) is 84.7 Å². The fourth-order valence-electron chi connectivity index (χ4n) is 4.38. The average molecular weight is 602 g/mol. The van der Waals surface area contributed by atoms with Gasteiger partial charge in [-0.15, -0.1) is 0 Å². The van der Waals surface area contributed by atoms with Crippen LogP contribution in [0.2, 0.25) is 36.3 Å². The first kappa shape index (κ1) is 35.8. The first-order valence-electron chi connectivity index (χ1n) is 15.7. The fourth-order valence-corrected chi connectivity index (χ4v) is 6.79. The van der Waals surface area contributed by atoms with Gasteiger partial charge in [-0.3, -0.25) is 4.79 Å². The van der Waals surface area contributed by atoms with Crippen molar-refractivity contribution >= 4 is 22.5 Å². The zero-order valence-corrected chi connectivity index (χ0v) is 30.1. The topological polar surface area (TPSA) is 48.0 Å². The molecule has 1 aromatic carbocycles. The van der Waals surface area contributed by atoms with Crippen LogP contribution in [0, 0.1) is 17.8 Å². The smallest absolute Gasteiger partial charge is 0.298 e. The van der Waals surface area contributed by atoms with Gasteiger partial charge in [0.1, 0.15) is 0 Å². The molecule has 2 unspecified atom stereocenters. The Morgan fingerprint density at radius 3 is 2.22 bits per heavy atom. The summed E-state index contributed by atoms with van der Waals surface area (Å²) < 4.78 is 19.5. The molecule has 3 atom stereocenters. The number of benzene rings is 1. The number of carbonyl (C=O) groups excluding carboxylic acids is 1. The molecular formula is C34H59NO4Si2. The summed E-state index contributed by atoms with van der Waals surface area (Å²) in [7, 11) is -3.84. The predicted molar refractivity (Wildman–Crippen MR) is 177 cm³/mol. The van der Waals surface area contributed by atoms with Crippen LogP contribution in [0.25, 0.3) is 0 Å². The molecule has 0 saturated carbocycles. The van der Waals surface area contributed by atoms with Crippen molar-refractivity contribution in [3.8, 4) is 11.8 Å². The Kier molecular flexibility index (Phi) is 13.4. The molecule has 0 aromatic heterocycles. The Morgan fingerprint density at radius 2 is 1.61 bits per heavy atom. The molecule has 1 heterocycles. The van der Waals surface area contributed by atoms with Crippen LogP contribution in [0.3, 0.4) is 0 Å². The fraction of sp³-hybridized carbons (Fsp3) is 0.735. The van der Waals surface area contributed by atoms with Crippen molar-refractivity contribution in [2.45, 2.75) is 136 Å². The highest BCUT2D eigenvalue weighted by Crippen LogP contribution is 2.39. The van der Waals surface area contributed by atoms with Crippen LogP contribution in [-0.2, 0) is 25.0 Å². The van der Waals surface area contributed by atoms with Gasteiger partial charge in [-0.2, -0.15) is 0 Å². The Hall–Kier alpha value is -1.44. The van der Waals surface area contributed by atoms with Gasteiger partial charge >= 0.3 is 0 Å². The number of piperidine rings is 1. The zero-order valence-electron chi connectivity index (χ0n) is 28.1. The predicted octanol–water partition coefficient (Wildman–Crippen LogP) is 8.42. The zero-order chi connectivity index (χ0) is 30.9. The molecule has 0 aliphatic carbocycles. The molecule has 0 bridgehead atoms. The SMILES string of the molecule is CC(C#CC(=O)N1CCCC[C@H]1COCc1ccccc1)CCC(CO[Si](C)(C)C(C)(C)C)O[Si](C)(C)C(C)(C)C. The third-order valence-corrected chi connectivity index (χ3v) is 18.4. The summed E-state index contributed by atoms with van der Waals surface area (Å²) in [6.45, 7) is 27.5. The minimum absolute atomic E-state index is 0.0400. The summed E-state index contributed by atoms with van der Waals surface area (Å²) in [6, 6.07) is 10.3. The van der Waals surface area contributed by atoms with Crippen molar-refractivity contribution in [1.82, 2.24) is 4.90 Å². The average Bonchev–Trinajstić information content (AvgIpc) is 2.88. The van der Waals surface area contributed by atoms with Gasteiger partial charge < -0.3 is 18.5 Å². The molecule has 41 heavy (non-hydrogen) atoms. The molecule has 5 nitrogen and oxygen atoms in total. The van der Waals surface area contributed by atoms with E-state index in [1.807, 2.05) is 23.1 Å². The standard InChI is InChI=1S/C34H59NO4Si2/c1-28(20-22-31(39-41(10,11)34(5,6)7)27-38-40(8,9)33(2,3)4)21-23-32(36)35-24-16-15-19-30(35)26-37-25-29-17-13-12-14-18-29/h12-14,17-18,28,30-31H,15-16,19-20,22,24-27H2,1-11H3/t28?,30-,31?/m0/s1. The molecule has 0 radical (unpaired) electrons. The number of hydrogen-bond acceptors (Lipinski definition) is 4. The number of ether oxygens (including phenoxy) is 1. The van der Waals surface area contributed by atoms with Crippen molar-refractivity contribution in [3.05, 3.63) is 35.9 Å². The summed E-state index contributed by atoms with van der Waals surface area (Å²) in [6.07, 6.45) is 4.92. The van der Waals surface area contributed by atoms with Crippen molar-refractivity contribution in [2.75, 3.05) is 19.8 Å². The lowest BCUT2D eigenvalue weighted by Gasteiger charge is -2.41. The summed E-state index contributed by atoms with van der Waals surface area (Å²) in [5.41, 5.74) is 1.15. The van der Waals surface area contributed by atoms with E-state index in [-0.39, 0.29) is 34.0 Å². The van der Waals surface area contributed by atoms with E-state index < -0.39 is 16.6 Å². The summed E-state index contributed by atoms with van der Waals surface area (Å²) >= 11 is 0. The highest BCUT2D eigenvalue weighted by atomic mass is 28.4. The third-order valence-electron chi connectivity index (χ3n) is 9.36. The quantitative estimate of drug-likeness (QED) is 0.178. The second-order valence-corrected chi connectivity index (χ2v) is 24.5. The Balaban J connectivity index is 1.98. The molecule has 1 aromatic rings. The number of amides is 1. The van der Waals surface area contributed by atoms with Crippen molar-refractivity contribution in [2.24, 2.45) is 5.92 Å². The van der Waals surface area contributed by atoms with Gasteiger partial charge in [0.25, 0.3) is 5.91 Å². The maximum Gasteiger partial charge on any atom is 0.298 e. The molecule has 0 spiro atoms. The van der Waals surface area contributed by atoms with E-state index in [2.05, 4.69) is 98.6 Å². The minimum Gasteiger partial charge on any atom is -0.414 e.